The van der Waals surface area contributed by atoms with Crippen molar-refractivity contribution in [3.05, 3.63) is 0 Å². The lowest BCUT2D eigenvalue weighted by Gasteiger charge is -2.39. The van der Waals surface area contributed by atoms with Crippen LogP contribution in [0.1, 0.15) is 85.0 Å². The van der Waals surface area contributed by atoms with Gasteiger partial charge in [-0.25, -0.2) is 0 Å². The summed E-state index contributed by atoms with van der Waals surface area (Å²) in [5, 5.41) is 0. The van der Waals surface area contributed by atoms with Gasteiger partial charge in [0, 0.05) is 11.6 Å². The molecule has 1 saturated heterocycles. The first-order chi connectivity index (χ1) is 9.18. The zero-order valence-corrected chi connectivity index (χ0v) is 13.6. The predicted octanol–water partition coefficient (Wildman–Crippen LogP) is 4.33. The molecule has 0 saturated carbocycles. The number of likely N-dealkylation sites (tertiary alicyclic amines) is 1. The molecule has 0 aromatic rings. The van der Waals surface area contributed by atoms with E-state index in [0.29, 0.717) is 6.04 Å². The molecule has 0 bridgehead atoms. The van der Waals surface area contributed by atoms with Crippen LogP contribution in [-0.4, -0.2) is 29.6 Å². The van der Waals surface area contributed by atoms with Crippen molar-refractivity contribution in [2.75, 3.05) is 13.1 Å². The summed E-state index contributed by atoms with van der Waals surface area (Å²) in [6, 6.07) is 0.637. The Morgan fingerprint density at radius 2 is 1.63 bits per heavy atom. The Morgan fingerprint density at radius 3 is 2.26 bits per heavy atom. The monoisotopic (exact) mass is 268 g/mol. The first-order valence-corrected chi connectivity index (χ1v) is 8.70. The Kier molecular flexibility index (Phi) is 8.01. The zero-order chi connectivity index (χ0) is 14.1. The average Bonchev–Trinajstić information content (AvgIpc) is 2.91. The van der Waals surface area contributed by atoms with Crippen molar-refractivity contribution in [3.8, 4) is 0 Å². The van der Waals surface area contributed by atoms with Crippen LogP contribution in [0.3, 0.4) is 0 Å². The molecule has 1 aliphatic rings. The van der Waals surface area contributed by atoms with Crippen LogP contribution in [0.5, 0.6) is 0 Å². The Bertz CT molecular complexity index is 223. The van der Waals surface area contributed by atoms with Crippen LogP contribution in [0.25, 0.3) is 0 Å². The topological polar surface area (TPSA) is 29.3 Å². The molecular weight excluding hydrogens is 232 g/mol. The molecule has 1 aliphatic heterocycles. The van der Waals surface area contributed by atoms with Crippen molar-refractivity contribution in [1.82, 2.24) is 4.90 Å². The molecular formula is C17H36N2. The van der Waals surface area contributed by atoms with Crippen LogP contribution < -0.4 is 5.73 Å². The SMILES string of the molecule is CCCCCCCCN1CCCC1C(N)(CC)CC. The maximum atomic E-state index is 6.62. The highest BCUT2D eigenvalue weighted by Crippen LogP contribution is 2.30. The van der Waals surface area contributed by atoms with E-state index in [0.717, 1.165) is 12.8 Å². The number of hydrogen-bond acceptors (Lipinski definition) is 2. The normalized spacial score (nSPS) is 21.2. The highest BCUT2D eigenvalue weighted by atomic mass is 15.2. The second-order valence-corrected chi connectivity index (χ2v) is 6.40. The van der Waals surface area contributed by atoms with Gasteiger partial charge in [-0.3, -0.25) is 4.90 Å². The second kappa shape index (κ2) is 8.97. The minimum atomic E-state index is 0.0543. The summed E-state index contributed by atoms with van der Waals surface area (Å²) in [5.74, 6) is 0. The highest BCUT2D eigenvalue weighted by Gasteiger charge is 2.38. The third kappa shape index (κ3) is 5.07. The van der Waals surface area contributed by atoms with Crippen molar-refractivity contribution >= 4 is 0 Å². The van der Waals surface area contributed by atoms with Crippen molar-refractivity contribution in [2.45, 2.75) is 96.6 Å². The van der Waals surface area contributed by atoms with E-state index >= 15 is 0 Å². The minimum absolute atomic E-state index is 0.0543. The lowest BCUT2D eigenvalue weighted by molar-refractivity contribution is 0.150. The molecule has 0 aromatic carbocycles. The molecule has 1 fully saturated rings. The van der Waals surface area contributed by atoms with Crippen molar-refractivity contribution in [1.29, 1.82) is 0 Å². The summed E-state index contributed by atoms with van der Waals surface area (Å²) in [5.41, 5.74) is 6.67. The van der Waals surface area contributed by atoms with Crippen LogP contribution in [-0.2, 0) is 0 Å². The van der Waals surface area contributed by atoms with Gasteiger partial charge in [0.05, 0.1) is 0 Å². The molecule has 1 rings (SSSR count). The molecule has 1 unspecified atom stereocenters. The number of rotatable bonds is 10. The van der Waals surface area contributed by atoms with Gasteiger partial charge in [-0.05, 0) is 45.2 Å². The summed E-state index contributed by atoms with van der Waals surface area (Å²) < 4.78 is 0. The molecule has 0 amide bonds. The molecule has 0 spiro atoms. The minimum Gasteiger partial charge on any atom is -0.324 e. The van der Waals surface area contributed by atoms with E-state index in [1.807, 2.05) is 0 Å². The first kappa shape index (κ1) is 17.0. The van der Waals surface area contributed by atoms with E-state index < -0.39 is 0 Å². The van der Waals surface area contributed by atoms with E-state index in [9.17, 15) is 0 Å². The Labute approximate surface area is 121 Å². The van der Waals surface area contributed by atoms with Crippen LogP contribution in [0.2, 0.25) is 0 Å². The Morgan fingerprint density at radius 1 is 1.00 bits per heavy atom. The summed E-state index contributed by atoms with van der Waals surface area (Å²) >= 11 is 0. The first-order valence-electron chi connectivity index (χ1n) is 8.70. The van der Waals surface area contributed by atoms with Crippen LogP contribution >= 0.6 is 0 Å². The number of nitrogens with two attached hydrogens (primary N) is 1. The molecule has 2 N–H and O–H groups in total. The molecule has 19 heavy (non-hydrogen) atoms. The van der Waals surface area contributed by atoms with Gasteiger partial charge in [0.1, 0.15) is 0 Å². The van der Waals surface area contributed by atoms with Gasteiger partial charge >= 0.3 is 0 Å². The van der Waals surface area contributed by atoms with E-state index in [4.69, 9.17) is 5.73 Å². The number of nitrogens with zero attached hydrogens (tertiary/aromatic N) is 1. The molecule has 2 nitrogen and oxygen atoms in total. The third-order valence-corrected chi connectivity index (χ3v) is 5.14. The fraction of sp³-hybridized carbons (Fsp3) is 1.00. The molecule has 0 aliphatic carbocycles. The smallest absolute Gasteiger partial charge is 0.0306 e. The Balaban J connectivity index is 2.28. The molecule has 0 radical (unpaired) electrons. The maximum Gasteiger partial charge on any atom is 0.0306 e. The fourth-order valence-corrected chi connectivity index (χ4v) is 3.56. The zero-order valence-electron chi connectivity index (χ0n) is 13.6. The molecule has 0 aromatic heterocycles. The van der Waals surface area contributed by atoms with Crippen molar-refractivity contribution in [3.63, 3.8) is 0 Å². The maximum absolute atomic E-state index is 6.62. The van der Waals surface area contributed by atoms with Gasteiger partial charge in [0.25, 0.3) is 0 Å². The van der Waals surface area contributed by atoms with E-state index in [2.05, 4.69) is 25.7 Å². The highest BCUT2D eigenvalue weighted by molar-refractivity contribution is 4.98. The molecule has 1 atom stereocenters. The quantitative estimate of drug-likeness (QED) is 0.598. The molecule has 114 valence electrons. The van der Waals surface area contributed by atoms with Gasteiger partial charge in [0.15, 0.2) is 0 Å². The summed E-state index contributed by atoms with van der Waals surface area (Å²) in [4.78, 5) is 2.69. The average molecular weight is 268 g/mol. The van der Waals surface area contributed by atoms with Crippen LogP contribution in [0.15, 0.2) is 0 Å². The molecule has 2 heteroatoms. The van der Waals surface area contributed by atoms with E-state index in [1.165, 1.54) is 64.5 Å². The lowest BCUT2D eigenvalue weighted by Crippen LogP contribution is -2.55. The van der Waals surface area contributed by atoms with Gasteiger partial charge in [-0.1, -0.05) is 52.9 Å². The summed E-state index contributed by atoms with van der Waals surface area (Å²) in [6.45, 7) is 9.34. The number of unbranched alkanes of at least 4 members (excludes halogenated alkanes) is 5. The summed E-state index contributed by atoms with van der Waals surface area (Å²) in [6.07, 6.45) is 13.2. The largest absolute Gasteiger partial charge is 0.324 e. The Hall–Kier alpha value is -0.0800. The van der Waals surface area contributed by atoms with E-state index in [-0.39, 0.29) is 5.54 Å². The predicted molar refractivity (Wildman–Crippen MR) is 85.5 cm³/mol. The van der Waals surface area contributed by atoms with Crippen LogP contribution in [0, 0.1) is 0 Å². The van der Waals surface area contributed by atoms with Crippen molar-refractivity contribution < 1.29 is 0 Å². The lowest BCUT2D eigenvalue weighted by atomic mass is 9.84. The second-order valence-electron chi connectivity index (χ2n) is 6.40. The van der Waals surface area contributed by atoms with Gasteiger partial charge < -0.3 is 5.73 Å². The molecule has 1 heterocycles. The van der Waals surface area contributed by atoms with Crippen molar-refractivity contribution in [2.24, 2.45) is 5.73 Å². The number of hydrogen-bond donors (Lipinski definition) is 1. The third-order valence-electron chi connectivity index (χ3n) is 5.14. The van der Waals surface area contributed by atoms with E-state index in [1.54, 1.807) is 0 Å². The standard InChI is InChI=1S/C17H36N2/c1-4-7-8-9-10-11-14-19-15-12-13-16(19)17(18,5-2)6-3/h16H,4-15,18H2,1-3H3. The fourth-order valence-electron chi connectivity index (χ4n) is 3.56. The van der Waals surface area contributed by atoms with Gasteiger partial charge in [-0.15, -0.1) is 0 Å². The summed E-state index contributed by atoms with van der Waals surface area (Å²) in [7, 11) is 0. The van der Waals surface area contributed by atoms with Crippen LogP contribution in [0.4, 0.5) is 0 Å². The van der Waals surface area contributed by atoms with Gasteiger partial charge in [0.2, 0.25) is 0 Å². The van der Waals surface area contributed by atoms with Gasteiger partial charge in [-0.2, -0.15) is 0 Å².